The highest BCUT2D eigenvalue weighted by Crippen LogP contribution is 2.45. The Morgan fingerprint density at radius 3 is 2.33 bits per heavy atom. The molecule has 0 bridgehead atoms. The maximum absolute atomic E-state index is 7.22. The van der Waals surface area contributed by atoms with Gasteiger partial charge < -0.3 is 0 Å². The van der Waals surface area contributed by atoms with Gasteiger partial charge in [-0.25, -0.2) is 0 Å². The second kappa shape index (κ2) is 11.0. The van der Waals surface area contributed by atoms with Gasteiger partial charge in [0.25, 0.3) is 0 Å². The molecule has 0 spiro atoms. The summed E-state index contributed by atoms with van der Waals surface area (Å²) in [5, 5.41) is 0.946. The van der Waals surface area contributed by atoms with Crippen LogP contribution in [0.5, 0.6) is 0 Å². The van der Waals surface area contributed by atoms with E-state index in [1.165, 1.54) is 72.4 Å². The molecule has 0 nitrogen and oxygen atoms in total. The Bertz CT molecular complexity index is 1510. The summed E-state index contributed by atoms with van der Waals surface area (Å²) in [6, 6.07) is 9.32. The highest BCUT2D eigenvalue weighted by Gasteiger charge is 2.29. The average Bonchev–Trinajstić information content (AvgIpc) is 3.17. The molecule has 0 heterocycles. The molecule has 1 heteroatoms. The molecule has 0 aromatic heterocycles. The van der Waals surface area contributed by atoms with Crippen LogP contribution in [0.3, 0.4) is 0 Å². The first-order valence-corrected chi connectivity index (χ1v) is 15.1. The normalized spacial score (nSPS) is 22.0. The van der Waals surface area contributed by atoms with Crippen LogP contribution in [0.25, 0.3) is 17.2 Å². The summed E-state index contributed by atoms with van der Waals surface area (Å²) in [6.07, 6.45) is 17.4. The van der Waals surface area contributed by atoms with Crippen LogP contribution in [0.1, 0.15) is 89.0 Å². The van der Waals surface area contributed by atoms with Crippen molar-refractivity contribution in [3.05, 3.63) is 121 Å². The van der Waals surface area contributed by atoms with Crippen LogP contribution in [0.4, 0.5) is 0 Å². The van der Waals surface area contributed by atoms with Crippen LogP contribution < -0.4 is 0 Å². The predicted molar refractivity (Wildman–Crippen MR) is 171 cm³/mol. The van der Waals surface area contributed by atoms with Crippen molar-refractivity contribution in [2.24, 2.45) is 11.8 Å². The van der Waals surface area contributed by atoms with Crippen molar-refractivity contribution in [3.63, 3.8) is 0 Å². The van der Waals surface area contributed by atoms with Gasteiger partial charge >= 0.3 is 0 Å². The van der Waals surface area contributed by atoms with Crippen LogP contribution >= 0.6 is 11.6 Å². The minimum absolute atomic E-state index is 0.322. The van der Waals surface area contributed by atoms with Gasteiger partial charge in [-0.15, -0.1) is 0 Å². The molecule has 5 aliphatic rings. The second-order valence-corrected chi connectivity index (χ2v) is 12.9. The fraction of sp³-hybridized carbons (Fsp3) is 0.368. The lowest BCUT2D eigenvalue weighted by molar-refractivity contribution is 0.786. The number of allylic oxidation sites excluding steroid dienone is 13. The summed E-state index contributed by atoms with van der Waals surface area (Å²) in [7, 11) is 0. The molecule has 5 aliphatic carbocycles. The van der Waals surface area contributed by atoms with Crippen molar-refractivity contribution in [2.75, 3.05) is 0 Å². The highest BCUT2D eigenvalue weighted by molar-refractivity contribution is 6.33. The Morgan fingerprint density at radius 1 is 0.846 bits per heavy atom. The number of hydrogen-bond donors (Lipinski definition) is 0. The zero-order chi connectivity index (χ0) is 28.0. The van der Waals surface area contributed by atoms with Crippen molar-refractivity contribution < 1.29 is 0 Å². The van der Waals surface area contributed by atoms with Crippen molar-refractivity contribution in [2.45, 2.75) is 80.6 Å². The Hall–Kier alpha value is -2.83. The van der Waals surface area contributed by atoms with Gasteiger partial charge in [-0.1, -0.05) is 99.5 Å². The van der Waals surface area contributed by atoms with E-state index in [1.807, 2.05) is 0 Å². The number of fused-ring (bicyclic) bond motifs is 2. The molecule has 0 aromatic carbocycles. The van der Waals surface area contributed by atoms with Crippen LogP contribution in [0, 0.1) is 25.7 Å². The standard InChI is InChI=1S/C38H43Cl/c1-22(2)28-14-12-24(5)36-32(16-26(7)34(36)20-28)18-30-10-9-11-31(38(30)39)19-33-17-27(8)35-21-29(23(3)4)15-13-25(6)37(33)35/h12-23,36H,9-11H2,1-8H3/b31-19+,32-18+. The molecule has 1 unspecified atom stereocenters. The van der Waals surface area contributed by atoms with Crippen molar-refractivity contribution >= 4 is 17.7 Å². The quantitative estimate of drug-likeness (QED) is 0.366. The highest BCUT2D eigenvalue weighted by atomic mass is 35.5. The average molecular weight is 535 g/mol. The molecular formula is C38H43Cl. The lowest BCUT2D eigenvalue weighted by Gasteiger charge is -2.20. The Kier molecular flexibility index (Phi) is 7.80. The van der Waals surface area contributed by atoms with Gasteiger partial charge in [0.15, 0.2) is 0 Å². The van der Waals surface area contributed by atoms with E-state index in [-0.39, 0.29) is 0 Å². The summed E-state index contributed by atoms with van der Waals surface area (Å²) < 4.78 is 0. The fourth-order valence-corrected chi connectivity index (χ4v) is 6.77. The van der Waals surface area contributed by atoms with Gasteiger partial charge in [0.2, 0.25) is 0 Å². The smallest absolute Gasteiger partial charge is 0.0470 e. The summed E-state index contributed by atoms with van der Waals surface area (Å²) in [4.78, 5) is 0. The SMILES string of the molecule is CC1=C/C(=C\C2=C(Cl)C(=C/c3cc(C)c4cc(C(C)C)ccc(C)c3-4)/CCC2)C2C(C)=CC=C(C(C)C)C=C12. The third-order valence-electron chi connectivity index (χ3n) is 8.85. The lowest BCUT2D eigenvalue weighted by Crippen LogP contribution is -2.05. The zero-order valence-electron chi connectivity index (χ0n) is 25.0. The zero-order valence-corrected chi connectivity index (χ0v) is 25.8. The van der Waals surface area contributed by atoms with Gasteiger partial charge in [0.1, 0.15) is 0 Å². The lowest BCUT2D eigenvalue weighted by atomic mass is 9.85. The van der Waals surface area contributed by atoms with Gasteiger partial charge in [-0.3, -0.25) is 0 Å². The number of rotatable bonds is 4. The topological polar surface area (TPSA) is 0 Å². The monoisotopic (exact) mass is 534 g/mol. The molecule has 5 rings (SSSR count). The van der Waals surface area contributed by atoms with Crippen LogP contribution in [0.15, 0.2) is 98.7 Å². The van der Waals surface area contributed by atoms with Crippen molar-refractivity contribution in [1.82, 2.24) is 0 Å². The van der Waals surface area contributed by atoms with Gasteiger partial charge in [0.05, 0.1) is 0 Å². The number of aryl methyl sites for hydroxylation is 2. The third kappa shape index (κ3) is 5.33. The summed E-state index contributed by atoms with van der Waals surface area (Å²) in [6.45, 7) is 18.1. The van der Waals surface area contributed by atoms with Crippen molar-refractivity contribution in [1.29, 1.82) is 0 Å². The van der Waals surface area contributed by atoms with E-state index in [9.17, 15) is 0 Å². The molecular weight excluding hydrogens is 492 g/mol. The maximum Gasteiger partial charge on any atom is 0.0470 e. The van der Waals surface area contributed by atoms with E-state index in [0.29, 0.717) is 17.8 Å². The first-order chi connectivity index (χ1) is 18.5. The summed E-state index contributed by atoms with van der Waals surface area (Å²) >= 11 is 7.22. The van der Waals surface area contributed by atoms with Crippen molar-refractivity contribution in [3.8, 4) is 11.1 Å². The number of hydrogen-bond acceptors (Lipinski definition) is 0. The first kappa shape index (κ1) is 27.7. The molecule has 0 fully saturated rings. The number of halogens is 1. The predicted octanol–water partition coefficient (Wildman–Crippen LogP) is 11.6. The molecule has 0 saturated heterocycles. The molecule has 0 radical (unpaired) electrons. The molecule has 0 aliphatic heterocycles. The van der Waals surface area contributed by atoms with E-state index in [0.717, 1.165) is 24.3 Å². The van der Waals surface area contributed by atoms with Gasteiger partial charge in [-0.2, -0.15) is 0 Å². The minimum Gasteiger partial charge on any atom is -0.0837 e. The molecule has 0 N–H and O–H groups in total. The van der Waals surface area contributed by atoms with Crippen LogP contribution in [0.2, 0.25) is 0 Å². The van der Waals surface area contributed by atoms with Gasteiger partial charge in [-0.05, 0) is 132 Å². The van der Waals surface area contributed by atoms with E-state index in [2.05, 4.69) is 116 Å². The largest absolute Gasteiger partial charge is 0.0837 e. The van der Waals surface area contributed by atoms with Gasteiger partial charge in [0, 0.05) is 11.0 Å². The fourth-order valence-electron chi connectivity index (χ4n) is 6.47. The van der Waals surface area contributed by atoms with Crippen LogP contribution in [-0.4, -0.2) is 0 Å². The summed E-state index contributed by atoms with van der Waals surface area (Å²) in [5.74, 6) is 1.34. The minimum atomic E-state index is 0.322. The second-order valence-electron chi connectivity index (χ2n) is 12.5. The maximum atomic E-state index is 7.22. The Labute approximate surface area is 241 Å². The molecule has 0 saturated carbocycles. The Morgan fingerprint density at radius 2 is 1.62 bits per heavy atom. The molecule has 0 amide bonds. The van der Waals surface area contributed by atoms with E-state index in [1.54, 1.807) is 0 Å². The van der Waals surface area contributed by atoms with E-state index < -0.39 is 0 Å². The molecule has 39 heavy (non-hydrogen) atoms. The summed E-state index contributed by atoms with van der Waals surface area (Å²) in [5.41, 5.74) is 17.6. The molecule has 202 valence electrons. The molecule has 0 aromatic rings. The Balaban J connectivity index is 1.55. The van der Waals surface area contributed by atoms with E-state index >= 15 is 0 Å². The van der Waals surface area contributed by atoms with E-state index in [4.69, 9.17) is 11.6 Å². The first-order valence-electron chi connectivity index (χ1n) is 14.7. The van der Waals surface area contributed by atoms with Crippen LogP contribution in [-0.2, 0) is 0 Å². The third-order valence-corrected chi connectivity index (χ3v) is 9.33. The molecule has 1 atom stereocenters.